The Morgan fingerprint density at radius 2 is 1.67 bits per heavy atom. The van der Waals surface area contributed by atoms with E-state index in [-0.39, 0.29) is 47.0 Å². The summed E-state index contributed by atoms with van der Waals surface area (Å²) in [6, 6.07) is 18.2. The van der Waals surface area contributed by atoms with Crippen LogP contribution in [0.1, 0.15) is 60.4 Å². The molecule has 0 saturated carbocycles. The number of primary amides is 1. The number of non-ortho nitro benzene ring substituents is 1. The number of nitrogens with two attached hydrogens (primary N) is 1. The van der Waals surface area contributed by atoms with Gasteiger partial charge in [-0.3, -0.25) is 19.7 Å². The van der Waals surface area contributed by atoms with Crippen LogP contribution in [0.2, 0.25) is 0 Å². The molecule has 0 aliphatic heterocycles. The molecule has 0 saturated heterocycles. The van der Waals surface area contributed by atoms with Gasteiger partial charge in [0.2, 0.25) is 0 Å². The zero-order chi connectivity index (χ0) is 28.5. The molecule has 204 valence electrons. The summed E-state index contributed by atoms with van der Waals surface area (Å²) in [5, 5.41) is 14.6. The molecule has 0 heterocycles. The molecule has 9 heteroatoms. The molecule has 9 nitrogen and oxygen atoms in total. The molecule has 0 aliphatic rings. The Morgan fingerprint density at radius 1 is 0.974 bits per heavy atom. The average molecular weight is 532 g/mol. The lowest BCUT2D eigenvalue weighted by Gasteiger charge is -2.17. The van der Waals surface area contributed by atoms with E-state index in [4.69, 9.17) is 15.2 Å². The number of amides is 1. The summed E-state index contributed by atoms with van der Waals surface area (Å²) in [4.78, 5) is 36.1. The molecule has 39 heavy (non-hydrogen) atoms. The fraction of sp³-hybridized carbons (Fsp3) is 0.267. The number of hydrogen-bond donors (Lipinski definition) is 2. The van der Waals surface area contributed by atoms with Gasteiger partial charge in [0.15, 0.2) is 5.78 Å². The average Bonchev–Trinajstić information content (AvgIpc) is 2.87. The van der Waals surface area contributed by atoms with Crippen molar-refractivity contribution in [2.75, 3.05) is 5.32 Å². The monoisotopic (exact) mass is 531 g/mol. The molecule has 3 aromatic carbocycles. The van der Waals surface area contributed by atoms with Crippen LogP contribution in [0, 0.1) is 16.0 Å². The first-order valence-corrected chi connectivity index (χ1v) is 12.6. The maximum Gasteiger partial charge on any atom is 0.273 e. The maximum atomic E-state index is 13.4. The van der Waals surface area contributed by atoms with Crippen LogP contribution in [0.15, 0.2) is 78.5 Å². The fourth-order valence-electron chi connectivity index (χ4n) is 3.85. The van der Waals surface area contributed by atoms with Crippen molar-refractivity contribution in [3.63, 3.8) is 0 Å². The molecule has 0 aliphatic carbocycles. The normalized spacial score (nSPS) is 11.4. The number of nitrogens with one attached hydrogen (secondary N) is 1. The molecule has 0 fully saturated rings. The van der Waals surface area contributed by atoms with Crippen molar-refractivity contribution in [2.45, 2.75) is 46.8 Å². The number of ether oxygens (including phenoxy) is 2. The SMILES string of the molecule is CC(C)C/C(=C/C(=O)c1ccc([N+](=O)[O-])cc1OCc1ccccc1)Nc1ccc(C(N)=O)c(OC(C)C)c1. The number of nitro benzene ring substituents is 1. The molecular weight excluding hydrogens is 498 g/mol. The van der Waals surface area contributed by atoms with Crippen LogP contribution in [0.4, 0.5) is 11.4 Å². The standard InChI is InChI=1S/C30H33N3O6/c1-19(2)14-23(32-22-10-12-26(30(31)35)29(16-22)39-20(3)4)15-27(34)25-13-11-24(33(36)37)17-28(25)38-18-21-8-6-5-7-9-21/h5-13,15-17,19-20,32H,14,18H2,1-4H3,(H2,31,35)/b23-15-. The van der Waals surface area contributed by atoms with E-state index in [2.05, 4.69) is 5.32 Å². The van der Waals surface area contributed by atoms with Crippen molar-refractivity contribution < 1.29 is 24.0 Å². The molecule has 1 amide bonds. The number of carbonyl (C=O) groups is 2. The minimum Gasteiger partial charge on any atom is -0.490 e. The van der Waals surface area contributed by atoms with Gasteiger partial charge in [0.25, 0.3) is 11.6 Å². The van der Waals surface area contributed by atoms with Crippen LogP contribution >= 0.6 is 0 Å². The summed E-state index contributed by atoms with van der Waals surface area (Å²) >= 11 is 0. The van der Waals surface area contributed by atoms with Gasteiger partial charge in [-0.15, -0.1) is 0 Å². The Morgan fingerprint density at radius 3 is 2.28 bits per heavy atom. The summed E-state index contributed by atoms with van der Waals surface area (Å²) in [6.45, 7) is 7.87. The zero-order valence-electron chi connectivity index (χ0n) is 22.5. The van der Waals surface area contributed by atoms with Crippen molar-refractivity contribution in [3.05, 3.63) is 105 Å². The second kappa shape index (κ2) is 13.2. The second-order valence-electron chi connectivity index (χ2n) is 9.71. The van der Waals surface area contributed by atoms with Crippen LogP contribution in [-0.4, -0.2) is 22.7 Å². The van der Waals surface area contributed by atoms with Crippen molar-refractivity contribution in [3.8, 4) is 11.5 Å². The number of ketones is 1. The minimum absolute atomic E-state index is 0.122. The summed E-state index contributed by atoms with van der Waals surface area (Å²) in [5.41, 5.74) is 7.86. The first-order chi connectivity index (χ1) is 18.5. The largest absolute Gasteiger partial charge is 0.490 e. The second-order valence-corrected chi connectivity index (χ2v) is 9.71. The van der Waals surface area contributed by atoms with Gasteiger partial charge in [-0.05, 0) is 49.9 Å². The quantitative estimate of drug-likeness (QED) is 0.115. The van der Waals surface area contributed by atoms with Gasteiger partial charge in [-0.2, -0.15) is 0 Å². The third-order valence-corrected chi connectivity index (χ3v) is 5.53. The number of allylic oxidation sites excluding steroid dienone is 2. The summed E-state index contributed by atoms with van der Waals surface area (Å²) in [7, 11) is 0. The van der Waals surface area contributed by atoms with Gasteiger partial charge < -0.3 is 20.5 Å². The molecule has 0 radical (unpaired) electrons. The van der Waals surface area contributed by atoms with Crippen LogP contribution in [0.25, 0.3) is 0 Å². The third kappa shape index (κ3) is 8.43. The highest BCUT2D eigenvalue weighted by Crippen LogP contribution is 2.29. The Kier molecular flexibility index (Phi) is 9.80. The Bertz CT molecular complexity index is 1370. The first-order valence-electron chi connectivity index (χ1n) is 12.6. The van der Waals surface area contributed by atoms with E-state index in [0.717, 1.165) is 5.56 Å². The molecular formula is C30H33N3O6. The van der Waals surface area contributed by atoms with Crippen LogP contribution in [0.3, 0.4) is 0 Å². The van der Waals surface area contributed by atoms with Gasteiger partial charge in [-0.25, -0.2) is 0 Å². The smallest absolute Gasteiger partial charge is 0.273 e. The van der Waals surface area contributed by atoms with E-state index >= 15 is 0 Å². The Hall–Kier alpha value is -4.66. The fourth-order valence-corrected chi connectivity index (χ4v) is 3.85. The Labute approximate surface area is 227 Å². The summed E-state index contributed by atoms with van der Waals surface area (Å²) < 4.78 is 11.6. The lowest BCUT2D eigenvalue weighted by atomic mass is 10.0. The highest BCUT2D eigenvalue weighted by molar-refractivity contribution is 6.07. The summed E-state index contributed by atoms with van der Waals surface area (Å²) in [6.07, 6.45) is 1.82. The number of anilines is 1. The topological polar surface area (TPSA) is 134 Å². The number of nitrogens with zero attached hydrogens (tertiary/aromatic N) is 1. The predicted molar refractivity (Wildman–Crippen MR) is 150 cm³/mol. The zero-order valence-corrected chi connectivity index (χ0v) is 22.5. The van der Waals surface area contributed by atoms with Gasteiger partial charge >= 0.3 is 0 Å². The molecule has 0 bridgehead atoms. The van der Waals surface area contributed by atoms with E-state index in [0.29, 0.717) is 23.6 Å². The number of hydrogen-bond acceptors (Lipinski definition) is 7. The lowest BCUT2D eigenvalue weighted by molar-refractivity contribution is -0.384. The van der Waals surface area contributed by atoms with E-state index < -0.39 is 10.8 Å². The molecule has 3 aromatic rings. The van der Waals surface area contributed by atoms with E-state index in [1.54, 1.807) is 18.2 Å². The minimum atomic E-state index is -0.605. The maximum absolute atomic E-state index is 13.4. The third-order valence-electron chi connectivity index (χ3n) is 5.53. The van der Waals surface area contributed by atoms with Crippen molar-refractivity contribution in [1.82, 2.24) is 0 Å². The highest BCUT2D eigenvalue weighted by atomic mass is 16.6. The highest BCUT2D eigenvalue weighted by Gasteiger charge is 2.18. The Balaban J connectivity index is 1.94. The van der Waals surface area contributed by atoms with Gasteiger partial charge in [0.05, 0.1) is 28.2 Å². The van der Waals surface area contributed by atoms with Crippen molar-refractivity contribution >= 4 is 23.1 Å². The number of rotatable bonds is 13. The first kappa shape index (κ1) is 28.9. The van der Waals surface area contributed by atoms with Gasteiger partial charge in [-0.1, -0.05) is 44.2 Å². The molecule has 0 atom stereocenters. The van der Waals surface area contributed by atoms with E-state index in [1.807, 2.05) is 58.0 Å². The lowest BCUT2D eigenvalue weighted by Crippen LogP contribution is -2.16. The van der Waals surface area contributed by atoms with Gasteiger partial charge in [0, 0.05) is 29.6 Å². The predicted octanol–water partition coefficient (Wildman–Crippen LogP) is 6.28. The van der Waals surface area contributed by atoms with E-state index in [1.165, 1.54) is 24.3 Å². The van der Waals surface area contributed by atoms with E-state index in [9.17, 15) is 19.7 Å². The summed E-state index contributed by atoms with van der Waals surface area (Å²) in [5.74, 6) is -0.310. The number of carbonyl (C=O) groups excluding carboxylic acids is 2. The number of nitro groups is 1. The molecule has 0 spiro atoms. The van der Waals surface area contributed by atoms with Crippen LogP contribution < -0.4 is 20.5 Å². The molecule has 0 aromatic heterocycles. The molecule has 3 rings (SSSR count). The molecule has 3 N–H and O–H groups in total. The van der Waals surface area contributed by atoms with Crippen LogP contribution in [0.5, 0.6) is 11.5 Å². The van der Waals surface area contributed by atoms with Gasteiger partial charge in [0.1, 0.15) is 18.1 Å². The van der Waals surface area contributed by atoms with Crippen molar-refractivity contribution in [2.24, 2.45) is 11.7 Å². The van der Waals surface area contributed by atoms with Crippen LogP contribution in [-0.2, 0) is 6.61 Å². The number of benzene rings is 3. The molecule has 0 unspecified atom stereocenters. The van der Waals surface area contributed by atoms with Crippen molar-refractivity contribution in [1.29, 1.82) is 0 Å².